The van der Waals surface area contributed by atoms with Crippen molar-refractivity contribution in [1.29, 1.82) is 0 Å². The standard InChI is InChI=1S/C27H26ClN3O4.ClH/c1-17-6-4-5-7-23(17)24-9-8-19(12-21(24)16-34-3)27-29-26(30-35-27)20-10-18(11-22(28)13-20)14-31(2)15-25(32)33;/h4-13H,14-16H2,1-3H3,(H,32,33);1H. The number of hydrogen-bond acceptors (Lipinski definition) is 6. The van der Waals surface area contributed by atoms with Crippen LogP contribution >= 0.6 is 24.0 Å². The molecule has 0 unspecified atom stereocenters. The summed E-state index contributed by atoms with van der Waals surface area (Å²) in [5.41, 5.74) is 6.79. The van der Waals surface area contributed by atoms with Gasteiger partial charge in [0, 0.05) is 29.8 Å². The molecule has 0 saturated heterocycles. The molecule has 0 bridgehead atoms. The summed E-state index contributed by atoms with van der Waals surface area (Å²) in [5.74, 6) is -0.0991. The Morgan fingerprint density at radius 2 is 1.86 bits per heavy atom. The summed E-state index contributed by atoms with van der Waals surface area (Å²) in [7, 11) is 3.41. The van der Waals surface area contributed by atoms with Crippen LogP contribution in [0.2, 0.25) is 5.02 Å². The normalized spacial score (nSPS) is 10.9. The molecule has 0 aliphatic carbocycles. The Hall–Kier alpha value is -3.23. The number of rotatable bonds is 9. The summed E-state index contributed by atoms with van der Waals surface area (Å²) in [6, 6.07) is 19.7. The maximum absolute atomic E-state index is 11.0. The number of aryl methyl sites for hydroxylation is 1. The lowest BCUT2D eigenvalue weighted by molar-refractivity contribution is -0.138. The highest BCUT2D eigenvalue weighted by atomic mass is 35.5. The Bertz CT molecular complexity index is 1360. The molecule has 0 atom stereocenters. The highest BCUT2D eigenvalue weighted by Crippen LogP contribution is 2.32. The van der Waals surface area contributed by atoms with Gasteiger partial charge in [0.05, 0.1) is 13.2 Å². The number of hydrogen-bond donors (Lipinski definition) is 1. The van der Waals surface area contributed by atoms with Crippen molar-refractivity contribution in [2.75, 3.05) is 20.7 Å². The van der Waals surface area contributed by atoms with Gasteiger partial charge in [-0.15, -0.1) is 12.4 Å². The van der Waals surface area contributed by atoms with Crippen LogP contribution in [0, 0.1) is 6.92 Å². The number of halogens is 2. The summed E-state index contributed by atoms with van der Waals surface area (Å²) < 4.78 is 11.0. The molecule has 3 aromatic carbocycles. The van der Waals surface area contributed by atoms with E-state index in [0.29, 0.717) is 35.5 Å². The maximum Gasteiger partial charge on any atom is 0.317 e. The molecule has 188 valence electrons. The lowest BCUT2D eigenvalue weighted by Crippen LogP contribution is -2.25. The Labute approximate surface area is 221 Å². The molecule has 1 heterocycles. The van der Waals surface area contributed by atoms with E-state index in [1.807, 2.05) is 36.4 Å². The van der Waals surface area contributed by atoms with Crippen molar-refractivity contribution in [2.45, 2.75) is 20.1 Å². The van der Waals surface area contributed by atoms with Crippen LogP contribution < -0.4 is 0 Å². The fourth-order valence-electron chi connectivity index (χ4n) is 4.07. The molecular weight excluding hydrogens is 501 g/mol. The van der Waals surface area contributed by atoms with Gasteiger partial charge in [-0.3, -0.25) is 9.69 Å². The van der Waals surface area contributed by atoms with Gasteiger partial charge in [-0.25, -0.2) is 0 Å². The van der Waals surface area contributed by atoms with E-state index in [1.165, 1.54) is 5.56 Å². The van der Waals surface area contributed by atoms with Gasteiger partial charge < -0.3 is 14.4 Å². The fraction of sp³-hybridized carbons (Fsp3) is 0.222. The van der Waals surface area contributed by atoms with Crippen molar-refractivity contribution in [2.24, 2.45) is 0 Å². The van der Waals surface area contributed by atoms with Crippen LogP contribution in [0.1, 0.15) is 16.7 Å². The molecule has 7 nitrogen and oxygen atoms in total. The van der Waals surface area contributed by atoms with Crippen molar-refractivity contribution in [1.82, 2.24) is 15.0 Å². The van der Waals surface area contributed by atoms with E-state index in [9.17, 15) is 4.79 Å². The largest absolute Gasteiger partial charge is 0.480 e. The third-order valence-corrected chi connectivity index (χ3v) is 5.80. The minimum absolute atomic E-state index is 0. The zero-order valence-electron chi connectivity index (χ0n) is 20.2. The molecular formula is C27H27Cl2N3O4. The lowest BCUT2D eigenvalue weighted by Gasteiger charge is -2.14. The highest BCUT2D eigenvalue weighted by Gasteiger charge is 2.16. The second kappa shape index (κ2) is 12.1. The highest BCUT2D eigenvalue weighted by molar-refractivity contribution is 6.30. The van der Waals surface area contributed by atoms with Gasteiger partial charge in [0.1, 0.15) is 0 Å². The van der Waals surface area contributed by atoms with Crippen LogP contribution in [0.4, 0.5) is 0 Å². The van der Waals surface area contributed by atoms with E-state index in [4.69, 9.17) is 26.0 Å². The van der Waals surface area contributed by atoms with Gasteiger partial charge in [-0.1, -0.05) is 47.1 Å². The number of ether oxygens (including phenoxy) is 1. The fourth-order valence-corrected chi connectivity index (χ4v) is 4.32. The average Bonchev–Trinajstić information content (AvgIpc) is 3.29. The van der Waals surface area contributed by atoms with E-state index in [-0.39, 0.29) is 19.0 Å². The molecule has 0 aliphatic rings. The first kappa shape index (κ1) is 27.4. The second-order valence-corrected chi connectivity index (χ2v) is 8.89. The Kier molecular flexibility index (Phi) is 9.23. The van der Waals surface area contributed by atoms with Crippen LogP contribution in [0.5, 0.6) is 0 Å². The molecule has 0 radical (unpaired) electrons. The van der Waals surface area contributed by atoms with Crippen molar-refractivity contribution in [3.63, 3.8) is 0 Å². The smallest absolute Gasteiger partial charge is 0.317 e. The summed E-state index contributed by atoms with van der Waals surface area (Å²) in [6.45, 7) is 2.88. The molecule has 0 saturated carbocycles. The first-order valence-corrected chi connectivity index (χ1v) is 11.4. The van der Waals surface area contributed by atoms with Crippen molar-refractivity contribution >= 4 is 30.0 Å². The maximum atomic E-state index is 11.0. The minimum atomic E-state index is -0.890. The van der Waals surface area contributed by atoms with Crippen molar-refractivity contribution in [3.05, 3.63) is 82.4 Å². The molecule has 9 heteroatoms. The third kappa shape index (κ3) is 6.50. The number of benzene rings is 3. The van der Waals surface area contributed by atoms with Crippen molar-refractivity contribution < 1.29 is 19.2 Å². The topological polar surface area (TPSA) is 88.7 Å². The van der Waals surface area contributed by atoms with E-state index in [2.05, 4.69) is 29.2 Å². The number of carboxylic acid groups (broad SMARTS) is 1. The SMILES string of the molecule is COCc1cc(-c2nc(-c3cc(Cl)cc(CN(C)CC(=O)O)c3)no2)ccc1-c1ccccc1C.Cl. The number of aromatic nitrogens is 2. The Balaban J connectivity index is 0.00000361. The first-order chi connectivity index (χ1) is 16.8. The lowest BCUT2D eigenvalue weighted by atomic mass is 9.94. The molecule has 36 heavy (non-hydrogen) atoms. The Morgan fingerprint density at radius 3 is 2.58 bits per heavy atom. The first-order valence-electron chi connectivity index (χ1n) is 11.1. The van der Waals surface area contributed by atoms with Crippen LogP contribution in [-0.4, -0.2) is 46.8 Å². The third-order valence-electron chi connectivity index (χ3n) is 5.59. The predicted molar refractivity (Wildman–Crippen MR) is 142 cm³/mol. The summed E-state index contributed by atoms with van der Waals surface area (Å²) in [5, 5.41) is 13.7. The van der Waals surface area contributed by atoms with Gasteiger partial charge in [0.2, 0.25) is 5.82 Å². The molecule has 0 amide bonds. The predicted octanol–water partition coefficient (Wildman–Crippen LogP) is 6.12. The van der Waals surface area contributed by atoms with E-state index < -0.39 is 5.97 Å². The molecule has 4 aromatic rings. The van der Waals surface area contributed by atoms with Gasteiger partial charge in [-0.05, 0) is 72.1 Å². The summed E-state index contributed by atoms with van der Waals surface area (Å²) >= 11 is 6.32. The molecule has 1 N–H and O–H groups in total. The van der Waals surface area contributed by atoms with Crippen LogP contribution in [-0.2, 0) is 22.7 Å². The molecule has 0 spiro atoms. The van der Waals surface area contributed by atoms with Gasteiger partial charge in [0.15, 0.2) is 0 Å². The monoisotopic (exact) mass is 527 g/mol. The Morgan fingerprint density at radius 1 is 1.08 bits per heavy atom. The van der Waals surface area contributed by atoms with E-state index >= 15 is 0 Å². The molecule has 0 fully saturated rings. The van der Waals surface area contributed by atoms with Gasteiger partial charge in [0.25, 0.3) is 5.89 Å². The van der Waals surface area contributed by atoms with E-state index in [1.54, 1.807) is 31.2 Å². The van der Waals surface area contributed by atoms with Crippen LogP contribution in [0.15, 0.2) is 65.2 Å². The number of carbonyl (C=O) groups is 1. The number of likely N-dealkylation sites (N-methyl/N-ethyl adjacent to an activating group) is 1. The summed E-state index contributed by atoms with van der Waals surface area (Å²) in [6.07, 6.45) is 0. The number of nitrogens with zero attached hydrogens (tertiary/aromatic N) is 3. The number of carboxylic acids is 1. The second-order valence-electron chi connectivity index (χ2n) is 8.46. The van der Waals surface area contributed by atoms with Gasteiger partial charge >= 0.3 is 5.97 Å². The minimum Gasteiger partial charge on any atom is -0.480 e. The zero-order valence-corrected chi connectivity index (χ0v) is 21.8. The summed E-state index contributed by atoms with van der Waals surface area (Å²) in [4.78, 5) is 17.3. The van der Waals surface area contributed by atoms with Crippen molar-refractivity contribution in [3.8, 4) is 34.0 Å². The van der Waals surface area contributed by atoms with E-state index in [0.717, 1.165) is 27.8 Å². The quantitative estimate of drug-likeness (QED) is 0.280. The zero-order chi connectivity index (χ0) is 24.9. The number of methoxy groups -OCH3 is 1. The van der Waals surface area contributed by atoms with Crippen LogP contribution in [0.3, 0.4) is 0 Å². The average molecular weight is 528 g/mol. The van der Waals surface area contributed by atoms with Crippen LogP contribution in [0.25, 0.3) is 34.0 Å². The molecule has 0 aliphatic heterocycles. The van der Waals surface area contributed by atoms with Gasteiger partial charge in [-0.2, -0.15) is 4.98 Å². The molecule has 1 aromatic heterocycles. The number of aliphatic carboxylic acids is 1. The molecule has 4 rings (SSSR count).